The lowest BCUT2D eigenvalue weighted by molar-refractivity contribution is 0.415. The summed E-state index contributed by atoms with van der Waals surface area (Å²) in [5.74, 6) is 1.62. The van der Waals surface area contributed by atoms with Crippen molar-refractivity contribution in [3.05, 3.63) is 384 Å². The first-order chi connectivity index (χ1) is 59.3. The molecule has 0 amide bonds. The van der Waals surface area contributed by atoms with Gasteiger partial charge in [-0.1, -0.05) is 327 Å². The highest BCUT2D eigenvalue weighted by Crippen LogP contribution is 2.65. The fourth-order valence-electron chi connectivity index (χ4n) is 23.3. The van der Waals surface area contributed by atoms with Crippen molar-refractivity contribution in [1.82, 2.24) is 0 Å². The van der Waals surface area contributed by atoms with Gasteiger partial charge in [0.1, 0.15) is 11.5 Å². The smallest absolute Gasteiger partial charge is 0.118 e. The van der Waals surface area contributed by atoms with E-state index in [0.717, 1.165) is 33.8 Å². The van der Waals surface area contributed by atoms with Gasteiger partial charge in [0.2, 0.25) is 0 Å². The highest BCUT2D eigenvalue weighted by Gasteiger charge is 2.37. The maximum Gasteiger partial charge on any atom is 0.118 e. The first-order valence-corrected chi connectivity index (χ1v) is 41.9. The minimum atomic E-state index is 0.812. The van der Waals surface area contributed by atoms with Crippen LogP contribution >= 0.6 is 0 Å². The second-order valence-electron chi connectivity index (χ2n) is 33.7. The third kappa shape index (κ3) is 8.56. The average Bonchev–Trinajstić information content (AvgIpc) is 1.50. The number of aryl methyl sites for hydroxylation is 2. The maximum absolute atomic E-state index is 6.09. The van der Waals surface area contributed by atoms with Crippen molar-refractivity contribution in [3.63, 3.8) is 0 Å². The minimum Gasteiger partial charge on any atom is -0.497 e. The number of hydrogen-bond donors (Lipinski definition) is 0. The molecule has 0 N–H and O–H groups in total. The molecule has 0 saturated carbocycles. The van der Waals surface area contributed by atoms with Crippen LogP contribution in [0.5, 0.6) is 11.5 Å². The van der Waals surface area contributed by atoms with Crippen LogP contribution in [0.25, 0.3) is 262 Å². The summed E-state index contributed by atoms with van der Waals surface area (Å²) < 4.78 is 12.2. The van der Waals surface area contributed by atoms with E-state index in [4.69, 9.17) is 9.47 Å². The van der Waals surface area contributed by atoms with Gasteiger partial charge in [0, 0.05) is 0 Å². The molecule has 0 bridgehead atoms. The Kier molecular flexibility index (Phi) is 13.3. The van der Waals surface area contributed by atoms with Crippen LogP contribution in [0.2, 0.25) is 0 Å². The van der Waals surface area contributed by atoms with Crippen LogP contribution in [-0.4, -0.2) is 14.2 Å². The molecule has 25 aromatic rings. The van der Waals surface area contributed by atoms with Crippen LogP contribution < -0.4 is 9.47 Å². The standard InChI is InChI=1S/C118H70O2/c1-63-23-17-37-73(59-63)101-113-79-41-21-35-66-36-22-42-80(94(66)79)114(113)102(74-38-18-24-64(2)60-74)118-88-58-54-84-104-82(53-57-87(106(88)104)117(101)118)108-96(68-27-11-6-12-28-68)90-62-91-89(61-92(90)98(110(84)108)72-45-49-76(120-4)50-46-72)95(67-25-9-5-10-26-67)107-81-51-55-85-105-86(56-52-83(103(81)105)109(107)97(91)71-43-47-75(119-3)48-44-71)116-100(70-31-15-8-16-32-70)112-78-40-20-34-65-33-19-39-77(93(65)78)111(112)99(115(85)116)69-29-13-7-14-30-69/h5-62H,1-4H3. The SMILES string of the molecule is COc1ccc(-c2c3c(c(-c4ccccc4)c4cc5c(-c6ccc(OC)cc6)c6c(c(-c7ccccc7)c5cc24)=c2ccc4c5c(-c7ccccc7)c7c8cccc9cccc(c7c(-c7ccccc7)c5c5ccc=6c2c45)c98)-c2ccc4c5c(-c6cccc(C)c6)c6c7cccc8cccc(c6c(-c6cccc(C)c6)c5c5ccc-3c2c54)c87)cc1. The van der Waals surface area contributed by atoms with Gasteiger partial charge in [-0.25, -0.2) is 0 Å². The van der Waals surface area contributed by atoms with Crippen molar-refractivity contribution in [2.24, 2.45) is 0 Å². The van der Waals surface area contributed by atoms with Crippen LogP contribution in [0.3, 0.4) is 0 Å². The second kappa shape index (κ2) is 24.2. The van der Waals surface area contributed by atoms with Crippen LogP contribution in [0, 0.1) is 34.7 Å². The Morgan fingerprint density at radius 1 is 0.167 bits per heavy atom. The second-order valence-corrected chi connectivity index (χ2v) is 33.7. The van der Waals surface area contributed by atoms with E-state index in [-0.39, 0.29) is 0 Å². The molecule has 0 atom stereocenters. The van der Waals surface area contributed by atoms with E-state index < -0.39 is 0 Å². The van der Waals surface area contributed by atoms with E-state index in [1.807, 2.05) is 0 Å². The topological polar surface area (TPSA) is 18.5 Å². The summed E-state index contributed by atoms with van der Waals surface area (Å²) >= 11 is 0. The number of rotatable bonds is 10. The first kappa shape index (κ1) is 66.0. The number of ether oxygens (including phenoxy) is 2. The molecular formula is C118H70O2. The summed E-state index contributed by atoms with van der Waals surface area (Å²) in [7, 11) is 3.55. The maximum atomic E-state index is 6.09. The zero-order chi connectivity index (χ0) is 78.8. The number of methoxy groups -OCH3 is 2. The fourth-order valence-corrected chi connectivity index (χ4v) is 23.3. The van der Waals surface area contributed by atoms with Gasteiger partial charge in [0.25, 0.3) is 0 Å². The number of hydrogen-bond acceptors (Lipinski definition) is 2. The third-order valence-electron chi connectivity index (χ3n) is 27.7. The van der Waals surface area contributed by atoms with Gasteiger partial charge >= 0.3 is 0 Å². The monoisotopic (exact) mass is 1520 g/mol. The number of benzene rings is 21. The number of fused-ring (bicyclic) bond motifs is 18. The van der Waals surface area contributed by atoms with Gasteiger partial charge in [0.05, 0.1) is 14.2 Å². The van der Waals surface area contributed by atoms with Crippen molar-refractivity contribution < 1.29 is 9.47 Å². The quantitative estimate of drug-likeness (QED) is 0.127. The molecule has 2 aliphatic carbocycles. The van der Waals surface area contributed by atoms with Crippen LogP contribution in [0.1, 0.15) is 11.1 Å². The molecule has 2 heteroatoms. The molecule has 2 nitrogen and oxygen atoms in total. The lowest BCUT2D eigenvalue weighted by Crippen LogP contribution is -1.97. The van der Waals surface area contributed by atoms with Gasteiger partial charge in [-0.2, -0.15) is 0 Å². The molecule has 25 aromatic carbocycles. The van der Waals surface area contributed by atoms with Gasteiger partial charge < -0.3 is 9.47 Å². The molecule has 0 aromatic heterocycles. The van der Waals surface area contributed by atoms with Crippen molar-refractivity contribution in [2.45, 2.75) is 13.8 Å². The van der Waals surface area contributed by atoms with Crippen molar-refractivity contribution in [2.75, 3.05) is 14.2 Å². The molecule has 2 aliphatic rings. The molecule has 0 saturated heterocycles. The van der Waals surface area contributed by atoms with Crippen LogP contribution in [-0.2, 0) is 0 Å². The van der Waals surface area contributed by atoms with Crippen molar-refractivity contribution in [1.29, 1.82) is 0 Å². The van der Waals surface area contributed by atoms with E-state index in [0.29, 0.717) is 0 Å². The summed E-state index contributed by atoms with van der Waals surface area (Å²) in [6.07, 6.45) is 0. The molecule has 0 unspecified atom stereocenters. The molecule has 120 heavy (non-hydrogen) atoms. The predicted octanol–water partition coefficient (Wildman–Crippen LogP) is 32.1. The Labute approximate surface area is 690 Å². The lowest BCUT2D eigenvalue weighted by Gasteiger charge is -2.23. The fraction of sp³-hybridized carbons (Fsp3) is 0.0339. The van der Waals surface area contributed by atoms with Crippen molar-refractivity contribution >= 4 is 151 Å². The molecule has 0 spiro atoms. The zero-order valence-corrected chi connectivity index (χ0v) is 66.3. The third-order valence-corrected chi connectivity index (χ3v) is 27.7. The lowest BCUT2D eigenvalue weighted by atomic mass is 9.80. The molecule has 0 fully saturated rings. The van der Waals surface area contributed by atoms with E-state index in [9.17, 15) is 0 Å². The Morgan fingerprint density at radius 3 is 0.808 bits per heavy atom. The van der Waals surface area contributed by atoms with Gasteiger partial charge in [0.15, 0.2) is 0 Å². The predicted molar refractivity (Wildman–Crippen MR) is 509 cm³/mol. The molecule has 0 radical (unpaired) electrons. The molecule has 0 aliphatic heterocycles. The molecule has 0 heterocycles. The summed E-state index contributed by atoms with van der Waals surface area (Å²) in [5.41, 5.74) is 26.9. The summed E-state index contributed by atoms with van der Waals surface area (Å²) in [6, 6.07) is 135. The largest absolute Gasteiger partial charge is 0.497 e. The Morgan fingerprint density at radius 2 is 0.450 bits per heavy atom. The molecular weight excluding hydrogens is 1450 g/mol. The first-order valence-electron chi connectivity index (χ1n) is 41.9. The highest BCUT2D eigenvalue weighted by molar-refractivity contribution is 6.50. The van der Waals surface area contributed by atoms with E-state index in [2.05, 4.69) is 366 Å². The van der Waals surface area contributed by atoms with Gasteiger partial charge in [-0.05, 0) is 333 Å². The van der Waals surface area contributed by atoms with Crippen molar-refractivity contribution in [3.8, 4) is 123 Å². The van der Waals surface area contributed by atoms with Gasteiger partial charge in [-0.3, -0.25) is 0 Å². The highest BCUT2D eigenvalue weighted by atomic mass is 16.5. The summed E-state index contributed by atoms with van der Waals surface area (Å²) in [4.78, 5) is 0. The Balaban J connectivity index is 0.840. The van der Waals surface area contributed by atoms with Crippen LogP contribution in [0.15, 0.2) is 352 Å². The van der Waals surface area contributed by atoms with E-state index in [1.165, 1.54) is 272 Å². The Hall–Kier alpha value is -15.2. The minimum absolute atomic E-state index is 0.812. The van der Waals surface area contributed by atoms with Gasteiger partial charge in [-0.15, -0.1) is 0 Å². The van der Waals surface area contributed by atoms with Crippen LogP contribution in [0.4, 0.5) is 0 Å². The Bertz CT molecular complexity index is 8810. The van der Waals surface area contributed by atoms with E-state index >= 15 is 0 Å². The summed E-state index contributed by atoms with van der Waals surface area (Å²) in [6.45, 7) is 4.49. The molecule has 27 rings (SSSR count). The zero-order valence-electron chi connectivity index (χ0n) is 66.3. The average molecular weight is 1520 g/mol. The normalized spacial score (nSPS) is 12.5. The summed E-state index contributed by atoms with van der Waals surface area (Å²) in [5, 5.41) is 40.7. The van der Waals surface area contributed by atoms with E-state index in [1.54, 1.807) is 14.2 Å². The molecule has 554 valence electrons.